The van der Waals surface area contributed by atoms with E-state index >= 15 is 0 Å². The zero-order chi connectivity index (χ0) is 22.2. The molecule has 6 nitrogen and oxygen atoms in total. The molecule has 4 rings (SSSR count). The predicted molar refractivity (Wildman–Crippen MR) is 106 cm³/mol. The highest BCUT2D eigenvalue weighted by Crippen LogP contribution is 2.54. The van der Waals surface area contributed by atoms with Crippen molar-refractivity contribution in [2.45, 2.75) is 18.1 Å². The molecule has 2 fully saturated rings. The fourth-order valence-electron chi connectivity index (χ4n) is 3.57. The maximum atomic E-state index is 14.6. The van der Waals surface area contributed by atoms with Crippen LogP contribution in [-0.2, 0) is 10.3 Å². The highest BCUT2D eigenvalue weighted by atomic mass is 32.1. The molecule has 31 heavy (non-hydrogen) atoms. The summed E-state index contributed by atoms with van der Waals surface area (Å²) in [5.41, 5.74) is 0.0362. The maximum Gasteiger partial charge on any atom is 0.422 e. The quantitative estimate of drug-likeness (QED) is 0.531. The first kappa shape index (κ1) is 21.4. The minimum Gasteiger partial charge on any atom is -0.483 e. The van der Waals surface area contributed by atoms with Crippen LogP contribution in [0.1, 0.15) is 22.5 Å². The van der Waals surface area contributed by atoms with Crippen molar-refractivity contribution in [2.75, 3.05) is 25.1 Å². The molecule has 1 saturated carbocycles. The number of anilines is 1. The molecule has 2 aliphatic rings. The first-order valence-corrected chi connectivity index (χ1v) is 9.73. The van der Waals surface area contributed by atoms with Crippen LogP contribution in [0.3, 0.4) is 0 Å². The highest BCUT2D eigenvalue weighted by molar-refractivity contribution is 7.80. The Balaban J connectivity index is 1.47. The first-order valence-electron chi connectivity index (χ1n) is 9.32. The second-order valence-electron chi connectivity index (χ2n) is 7.37. The van der Waals surface area contributed by atoms with Crippen molar-refractivity contribution in [3.8, 4) is 5.75 Å². The number of fused-ring (bicyclic) bond motifs is 1. The molecule has 0 bridgehead atoms. The second kappa shape index (κ2) is 8.04. The third-order valence-corrected chi connectivity index (χ3v) is 5.32. The van der Waals surface area contributed by atoms with E-state index in [2.05, 4.69) is 20.4 Å². The van der Waals surface area contributed by atoms with Crippen LogP contribution in [0.15, 0.2) is 36.5 Å². The summed E-state index contributed by atoms with van der Waals surface area (Å²) in [6.07, 6.45) is -2.79. The Bertz CT molecular complexity index is 1020. The molecule has 2 atom stereocenters. The van der Waals surface area contributed by atoms with Crippen LogP contribution in [0, 0.1) is 11.7 Å². The molecular formula is C20H17F4N3O3S. The number of thiocarbonyl (C=S) groups is 1. The zero-order valence-corrected chi connectivity index (χ0v) is 16.8. The lowest BCUT2D eigenvalue weighted by atomic mass is 10.0. The van der Waals surface area contributed by atoms with Crippen molar-refractivity contribution in [1.29, 1.82) is 0 Å². The van der Waals surface area contributed by atoms with E-state index < -0.39 is 30.0 Å². The Morgan fingerprint density at radius 3 is 2.87 bits per heavy atom. The Morgan fingerprint density at radius 2 is 2.16 bits per heavy atom. The Kier molecular flexibility index (Phi) is 5.56. The fourth-order valence-corrected chi connectivity index (χ4v) is 3.83. The van der Waals surface area contributed by atoms with Crippen molar-refractivity contribution >= 4 is 28.8 Å². The third kappa shape index (κ3) is 4.77. The minimum atomic E-state index is -4.47. The van der Waals surface area contributed by atoms with Gasteiger partial charge in [-0.25, -0.2) is 9.37 Å². The first-order chi connectivity index (χ1) is 14.7. The van der Waals surface area contributed by atoms with Gasteiger partial charge in [0.05, 0.1) is 24.9 Å². The molecule has 1 amide bonds. The average Bonchev–Trinajstić information content (AvgIpc) is 3.42. The molecule has 1 aliphatic carbocycles. The number of hydrogen-bond acceptors (Lipinski definition) is 5. The van der Waals surface area contributed by atoms with Crippen LogP contribution in [0.4, 0.5) is 23.2 Å². The van der Waals surface area contributed by atoms with Crippen LogP contribution in [0.25, 0.3) is 0 Å². The summed E-state index contributed by atoms with van der Waals surface area (Å²) in [5.74, 6) is -1.08. The van der Waals surface area contributed by atoms with Gasteiger partial charge in [0, 0.05) is 17.2 Å². The number of pyridine rings is 1. The predicted octanol–water partition coefficient (Wildman–Crippen LogP) is 3.58. The molecule has 1 saturated heterocycles. The van der Waals surface area contributed by atoms with Crippen molar-refractivity contribution in [1.82, 2.24) is 10.3 Å². The summed E-state index contributed by atoms with van der Waals surface area (Å²) >= 11 is 5.22. The van der Waals surface area contributed by atoms with Gasteiger partial charge in [0.1, 0.15) is 22.2 Å². The lowest BCUT2D eigenvalue weighted by Crippen LogP contribution is -2.36. The minimum absolute atomic E-state index is 0.0325. The average molecular weight is 455 g/mol. The molecule has 1 aliphatic heterocycles. The van der Waals surface area contributed by atoms with Crippen LogP contribution >= 0.6 is 12.2 Å². The van der Waals surface area contributed by atoms with Crippen molar-refractivity contribution in [3.63, 3.8) is 0 Å². The number of alkyl halides is 3. The molecule has 2 heterocycles. The molecule has 2 unspecified atom stereocenters. The summed E-state index contributed by atoms with van der Waals surface area (Å²) in [6, 6.07) is 6.66. The number of rotatable bonds is 5. The van der Waals surface area contributed by atoms with E-state index in [4.69, 9.17) is 17.0 Å². The topological polar surface area (TPSA) is 72.5 Å². The van der Waals surface area contributed by atoms with E-state index in [0.29, 0.717) is 29.3 Å². The lowest BCUT2D eigenvalue weighted by molar-refractivity contribution is -0.153. The zero-order valence-electron chi connectivity index (χ0n) is 16.0. The fraction of sp³-hybridized carbons (Fsp3) is 0.350. The van der Waals surface area contributed by atoms with Crippen LogP contribution in [0.5, 0.6) is 5.75 Å². The van der Waals surface area contributed by atoms with Gasteiger partial charge in [-0.1, -0.05) is 12.2 Å². The summed E-state index contributed by atoms with van der Waals surface area (Å²) in [6.45, 7) is -0.723. The summed E-state index contributed by atoms with van der Waals surface area (Å²) in [5, 5.41) is 5.80. The van der Waals surface area contributed by atoms with Crippen molar-refractivity contribution in [2.24, 2.45) is 5.92 Å². The van der Waals surface area contributed by atoms with Crippen molar-refractivity contribution in [3.05, 3.63) is 53.6 Å². The second-order valence-corrected chi connectivity index (χ2v) is 7.86. The number of hydrogen-bond donors (Lipinski definition) is 2. The van der Waals surface area contributed by atoms with E-state index in [0.717, 1.165) is 6.20 Å². The van der Waals surface area contributed by atoms with E-state index in [-0.39, 0.29) is 24.0 Å². The number of nitrogens with one attached hydrogen (secondary N) is 2. The van der Waals surface area contributed by atoms with Gasteiger partial charge >= 0.3 is 6.18 Å². The number of benzene rings is 1. The van der Waals surface area contributed by atoms with E-state index in [1.807, 2.05) is 0 Å². The van der Waals surface area contributed by atoms with Gasteiger partial charge in [-0.3, -0.25) is 4.79 Å². The van der Waals surface area contributed by atoms with Gasteiger partial charge in [0.2, 0.25) is 0 Å². The van der Waals surface area contributed by atoms with Gasteiger partial charge in [0.15, 0.2) is 6.61 Å². The van der Waals surface area contributed by atoms with Gasteiger partial charge in [0.25, 0.3) is 5.91 Å². The Hall–Kier alpha value is -2.79. The van der Waals surface area contributed by atoms with E-state index in [1.54, 1.807) is 0 Å². The standard InChI is InChI=1S/C20H17F4N3O3S/c21-15-3-1-12(5-14(15)19-6-11(19)8-29-9-17(31)27-19)26-18(28)16-4-2-13(7-25-16)30-10-20(22,23)24/h1-5,7,11H,6,8-10H2,(H,26,28)(H,27,31). The molecular weight excluding hydrogens is 438 g/mol. The van der Waals surface area contributed by atoms with Crippen molar-refractivity contribution < 1.29 is 31.8 Å². The molecule has 0 spiro atoms. The normalized spacial score (nSPS) is 22.7. The van der Waals surface area contributed by atoms with Gasteiger partial charge in [-0.2, -0.15) is 13.2 Å². The van der Waals surface area contributed by atoms with Crippen LogP contribution in [0.2, 0.25) is 0 Å². The summed E-state index contributed by atoms with van der Waals surface area (Å²) in [4.78, 5) is 16.8. The SMILES string of the molecule is O=C(Nc1ccc(F)c(C23CC2COCC(=S)N3)c1)c1ccc(OCC(F)(F)F)cn1. The smallest absolute Gasteiger partial charge is 0.422 e. The number of nitrogens with zero attached hydrogens (tertiary/aromatic N) is 1. The molecule has 2 aromatic rings. The lowest BCUT2D eigenvalue weighted by Gasteiger charge is -2.21. The summed E-state index contributed by atoms with van der Waals surface area (Å²) < 4.78 is 61.3. The highest BCUT2D eigenvalue weighted by Gasteiger charge is 2.58. The molecule has 11 heteroatoms. The van der Waals surface area contributed by atoms with Crippen LogP contribution in [-0.4, -0.2) is 41.9 Å². The number of ether oxygens (including phenoxy) is 2. The Morgan fingerprint density at radius 1 is 1.35 bits per heavy atom. The van der Waals surface area contributed by atoms with E-state index in [9.17, 15) is 22.4 Å². The molecule has 2 N–H and O–H groups in total. The Labute approximate surface area is 179 Å². The van der Waals surface area contributed by atoms with Gasteiger partial charge in [-0.15, -0.1) is 0 Å². The third-order valence-electron chi connectivity index (χ3n) is 5.10. The largest absolute Gasteiger partial charge is 0.483 e. The van der Waals surface area contributed by atoms with Crippen LogP contribution < -0.4 is 15.4 Å². The number of aromatic nitrogens is 1. The maximum absolute atomic E-state index is 14.6. The molecule has 0 radical (unpaired) electrons. The monoisotopic (exact) mass is 455 g/mol. The molecule has 1 aromatic heterocycles. The molecule has 164 valence electrons. The number of carbonyl (C=O) groups excluding carboxylic acids is 1. The van der Waals surface area contributed by atoms with Gasteiger partial charge in [-0.05, 0) is 36.8 Å². The number of amides is 1. The van der Waals surface area contributed by atoms with Gasteiger partial charge < -0.3 is 20.1 Å². The molecule has 1 aromatic carbocycles. The summed E-state index contributed by atoms with van der Waals surface area (Å²) in [7, 11) is 0. The number of halogens is 4. The van der Waals surface area contributed by atoms with E-state index in [1.165, 1.54) is 30.3 Å². The number of carbonyl (C=O) groups is 1.